The Morgan fingerprint density at radius 1 is 1.20 bits per heavy atom. The highest BCUT2D eigenvalue weighted by Crippen LogP contribution is 2.27. The number of nitrogens with one attached hydrogen (secondary N) is 1. The molecule has 2 rings (SSSR count). The number of hydrogen-bond donors (Lipinski definition) is 2. The SMILES string of the molecule is NCC(NCC1CCCO1)C1CCCC1. The fourth-order valence-corrected chi connectivity index (χ4v) is 2.89. The van der Waals surface area contributed by atoms with Crippen LogP contribution in [0, 0.1) is 5.92 Å². The fourth-order valence-electron chi connectivity index (χ4n) is 2.89. The lowest BCUT2D eigenvalue weighted by Gasteiger charge is -2.24. The molecule has 2 atom stereocenters. The van der Waals surface area contributed by atoms with E-state index in [0.717, 1.165) is 25.6 Å². The van der Waals surface area contributed by atoms with Crippen molar-refractivity contribution in [2.75, 3.05) is 19.7 Å². The van der Waals surface area contributed by atoms with Crippen molar-refractivity contribution in [3.05, 3.63) is 0 Å². The summed E-state index contributed by atoms with van der Waals surface area (Å²) in [5.74, 6) is 0.816. The standard InChI is InChI=1S/C12H24N2O/c13-8-12(10-4-1-2-5-10)14-9-11-6-3-7-15-11/h10-12,14H,1-9,13H2. The Labute approximate surface area is 92.7 Å². The van der Waals surface area contributed by atoms with Crippen LogP contribution in [0.2, 0.25) is 0 Å². The lowest BCUT2D eigenvalue weighted by atomic mass is 9.98. The van der Waals surface area contributed by atoms with Crippen LogP contribution in [0.3, 0.4) is 0 Å². The fraction of sp³-hybridized carbons (Fsp3) is 1.00. The van der Waals surface area contributed by atoms with Crippen LogP contribution in [-0.2, 0) is 4.74 Å². The van der Waals surface area contributed by atoms with E-state index in [1.807, 2.05) is 0 Å². The molecule has 0 aromatic carbocycles. The average Bonchev–Trinajstić information content (AvgIpc) is 2.90. The van der Waals surface area contributed by atoms with E-state index in [0.29, 0.717) is 12.1 Å². The monoisotopic (exact) mass is 212 g/mol. The molecule has 0 aromatic heterocycles. The van der Waals surface area contributed by atoms with E-state index < -0.39 is 0 Å². The molecule has 0 amide bonds. The lowest BCUT2D eigenvalue weighted by Crippen LogP contribution is -2.44. The second-order valence-corrected chi connectivity index (χ2v) is 4.93. The highest BCUT2D eigenvalue weighted by molar-refractivity contribution is 4.82. The summed E-state index contributed by atoms with van der Waals surface area (Å²) < 4.78 is 5.61. The van der Waals surface area contributed by atoms with Crippen LogP contribution < -0.4 is 11.1 Å². The van der Waals surface area contributed by atoms with Gasteiger partial charge in [0.05, 0.1) is 6.10 Å². The Kier molecular flexibility index (Phi) is 4.42. The van der Waals surface area contributed by atoms with Gasteiger partial charge in [-0.15, -0.1) is 0 Å². The van der Waals surface area contributed by atoms with E-state index in [9.17, 15) is 0 Å². The predicted molar refractivity (Wildman–Crippen MR) is 61.8 cm³/mol. The minimum Gasteiger partial charge on any atom is -0.377 e. The van der Waals surface area contributed by atoms with Crippen molar-refractivity contribution < 1.29 is 4.74 Å². The van der Waals surface area contributed by atoms with Crippen molar-refractivity contribution in [3.8, 4) is 0 Å². The number of ether oxygens (including phenoxy) is 1. The molecule has 0 radical (unpaired) electrons. The first-order chi connectivity index (χ1) is 7.40. The zero-order valence-electron chi connectivity index (χ0n) is 9.58. The molecule has 1 heterocycles. The first-order valence-corrected chi connectivity index (χ1v) is 6.45. The van der Waals surface area contributed by atoms with E-state index >= 15 is 0 Å². The third-order valence-electron chi connectivity index (χ3n) is 3.85. The van der Waals surface area contributed by atoms with Gasteiger partial charge in [-0.3, -0.25) is 0 Å². The van der Waals surface area contributed by atoms with Crippen molar-refractivity contribution in [2.24, 2.45) is 11.7 Å². The maximum atomic E-state index is 5.83. The summed E-state index contributed by atoms with van der Waals surface area (Å²) in [6.45, 7) is 2.72. The van der Waals surface area contributed by atoms with Gasteiger partial charge in [0, 0.05) is 25.7 Å². The molecule has 15 heavy (non-hydrogen) atoms. The molecular weight excluding hydrogens is 188 g/mol. The van der Waals surface area contributed by atoms with E-state index in [1.54, 1.807) is 0 Å². The van der Waals surface area contributed by atoms with Gasteiger partial charge in [0.2, 0.25) is 0 Å². The third kappa shape index (κ3) is 3.16. The molecule has 88 valence electrons. The van der Waals surface area contributed by atoms with Crippen LogP contribution in [-0.4, -0.2) is 31.8 Å². The topological polar surface area (TPSA) is 47.3 Å². The van der Waals surface area contributed by atoms with E-state index in [4.69, 9.17) is 10.5 Å². The molecule has 3 N–H and O–H groups in total. The molecule has 3 heteroatoms. The average molecular weight is 212 g/mol. The second kappa shape index (κ2) is 5.83. The Balaban J connectivity index is 1.69. The molecular formula is C12H24N2O. The van der Waals surface area contributed by atoms with E-state index in [1.165, 1.54) is 38.5 Å². The highest BCUT2D eigenvalue weighted by Gasteiger charge is 2.25. The smallest absolute Gasteiger partial charge is 0.0700 e. The maximum Gasteiger partial charge on any atom is 0.0700 e. The van der Waals surface area contributed by atoms with Gasteiger partial charge < -0.3 is 15.8 Å². The Hall–Kier alpha value is -0.120. The van der Waals surface area contributed by atoms with Crippen LogP contribution in [0.5, 0.6) is 0 Å². The molecule has 2 aliphatic rings. The van der Waals surface area contributed by atoms with Gasteiger partial charge in [0.25, 0.3) is 0 Å². The van der Waals surface area contributed by atoms with E-state index in [-0.39, 0.29) is 0 Å². The van der Waals surface area contributed by atoms with Crippen molar-refractivity contribution in [3.63, 3.8) is 0 Å². The molecule has 2 unspecified atom stereocenters. The minimum atomic E-state index is 0.445. The number of nitrogens with two attached hydrogens (primary N) is 1. The lowest BCUT2D eigenvalue weighted by molar-refractivity contribution is 0.105. The Morgan fingerprint density at radius 3 is 2.60 bits per heavy atom. The highest BCUT2D eigenvalue weighted by atomic mass is 16.5. The molecule has 1 saturated carbocycles. The van der Waals surface area contributed by atoms with Crippen LogP contribution in [0.25, 0.3) is 0 Å². The van der Waals surface area contributed by atoms with Gasteiger partial charge in [-0.25, -0.2) is 0 Å². The summed E-state index contributed by atoms with van der Waals surface area (Å²) in [4.78, 5) is 0. The first-order valence-electron chi connectivity index (χ1n) is 6.45. The Morgan fingerprint density at radius 2 is 2.00 bits per heavy atom. The molecule has 1 aliphatic heterocycles. The minimum absolute atomic E-state index is 0.445. The van der Waals surface area contributed by atoms with Crippen molar-refractivity contribution in [1.29, 1.82) is 0 Å². The van der Waals surface area contributed by atoms with Gasteiger partial charge in [0.1, 0.15) is 0 Å². The molecule has 2 fully saturated rings. The van der Waals surface area contributed by atoms with Crippen LogP contribution in [0.1, 0.15) is 38.5 Å². The second-order valence-electron chi connectivity index (χ2n) is 4.93. The molecule has 0 aromatic rings. The third-order valence-corrected chi connectivity index (χ3v) is 3.85. The summed E-state index contributed by atoms with van der Waals surface area (Å²) in [6.07, 6.45) is 8.39. The van der Waals surface area contributed by atoms with Crippen LogP contribution >= 0.6 is 0 Å². The van der Waals surface area contributed by atoms with Crippen LogP contribution in [0.4, 0.5) is 0 Å². The van der Waals surface area contributed by atoms with Gasteiger partial charge in [-0.2, -0.15) is 0 Å². The molecule has 1 aliphatic carbocycles. The van der Waals surface area contributed by atoms with Crippen molar-refractivity contribution >= 4 is 0 Å². The zero-order valence-corrected chi connectivity index (χ0v) is 9.58. The number of rotatable bonds is 5. The van der Waals surface area contributed by atoms with E-state index in [2.05, 4.69) is 5.32 Å². The summed E-state index contributed by atoms with van der Waals surface area (Å²) >= 11 is 0. The van der Waals surface area contributed by atoms with Gasteiger partial charge in [0.15, 0.2) is 0 Å². The van der Waals surface area contributed by atoms with Crippen molar-refractivity contribution in [1.82, 2.24) is 5.32 Å². The summed E-state index contributed by atoms with van der Waals surface area (Å²) in [6, 6.07) is 0.525. The quantitative estimate of drug-likeness (QED) is 0.721. The van der Waals surface area contributed by atoms with Gasteiger partial charge >= 0.3 is 0 Å². The zero-order chi connectivity index (χ0) is 10.5. The maximum absolute atomic E-state index is 5.83. The summed E-state index contributed by atoms with van der Waals surface area (Å²) in [7, 11) is 0. The Bertz CT molecular complexity index is 174. The number of hydrogen-bond acceptors (Lipinski definition) is 3. The summed E-state index contributed by atoms with van der Waals surface area (Å²) in [5, 5.41) is 3.60. The normalized spacial score (nSPS) is 29.8. The molecule has 0 bridgehead atoms. The molecule has 1 saturated heterocycles. The molecule has 3 nitrogen and oxygen atoms in total. The summed E-state index contributed by atoms with van der Waals surface area (Å²) in [5.41, 5.74) is 5.83. The predicted octanol–water partition coefficient (Wildman–Crippen LogP) is 1.27. The molecule has 0 spiro atoms. The van der Waals surface area contributed by atoms with Crippen LogP contribution in [0.15, 0.2) is 0 Å². The first kappa shape index (κ1) is 11.4. The van der Waals surface area contributed by atoms with Gasteiger partial charge in [-0.1, -0.05) is 12.8 Å². The van der Waals surface area contributed by atoms with Crippen molar-refractivity contribution in [2.45, 2.75) is 50.7 Å². The largest absolute Gasteiger partial charge is 0.377 e. The van der Waals surface area contributed by atoms with Gasteiger partial charge in [-0.05, 0) is 31.6 Å².